The van der Waals surface area contributed by atoms with Crippen LogP contribution in [0.15, 0.2) is 0 Å². The molecule has 1 aliphatic rings. The Morgan fingerprint density at radius 3 is 2.39 bits per heavy atom. The normalized spacial score (nSPS) is 17.7. The number of carbonyl (C=O) groups excluding carboxylic acids is 2. The van der Waals surface area contributed by atoms with Gasteiger partial charge in [-0.1, -0.05) is 0 Å². The smallest absolute Gasteiger partial charge is 0.410 e. The molecule has 1 saturated heterocycles. The third-order valence-electron chi connectivity index (χ3n) is 2.87. The van der Waals surface area contributed by atoms with E-state index < -0.39 is 5.60 Å². The highest BCUT2D eigenvalue weighted by Crippen LogP contribution is 2.09. The van der Waals surface area contributed by atoms with Gasteiger partial charge in [-0.2, -0.15) is 0 Å². The van der Waals surface area contributed by atoms with Gasteiger partial charge in [-0.25, -0.2) is 4.79 Å². The van der Waals surface area contributed by atoms with Crippen LogP contribution in [0.5, 0.6) is 0 Å². The fraction of sp³-hybridized carbons (Fsp3) is 0.846. The third-order valence-corrected chi connectivity index (χ3v) is 2.87. The van der Waals surface area contributed by atoms with E-state index in [9.17, 15) is 9.59 Å². The van der Waals surface area contributed by atoms with E-state index in [4.69, 9.17) is 4.74 Å². The second-order valence-electron chi connectivity index (χ2n) is 5.78. The van der Waals surface area contributed by atoms with Crippen LogP contribution in [0.2, 0.25) is 0 Å². The minimum absolute atomic E-state index is 0.296. The number of hydrogen-bond acceptors (Lipinski definition) is 4. The molecule has 104 valence electrons. The average molecular weight is 256 g/mol. The molecule has 0 saturated carbocycles. The van der Waals surface area contributed by atoms with Gasteiger partial charge in [0.05, 0.1) is 0 Å². The fourth-order valence-electron chi connectivity index (χ4n) is 1.75. The van der Waals surface area contributed by atoms with Gasteiger partial charge in [0.1, 0.15) is 11.4 Å². The Morgan fingerprint density at radius 1 is 1.33 bits per heavy atom. The number of ketones is 1. The molecule has 1 fully saturated rings. The van der Waals surface area contributed by atoms with Crippen LogP contribution < -0.4 is 0 Å². The first-order valence-electron chi connectivity index (χ1n) is 6.46. The second-order valence-corrected chi connectivity index (χ2v) is 5.78. The molecule has 0 spiro atoms. The van der Waals surface area contributed by atoms with Crippen molar-refractivity contribution >= 4 is 11.9 Å². The molecule has 0 aromatic heterocycles. The quantitative estimate of drug-likeness (QED) is 0.768. The van der Waals surface area contributed by atoms with Crippen molar-refractivity contribution in [3.8, 4) is 0 Å². The Hall–Kier alpha value is -1.10. The molecular formula is C13H24N2O3. The van der Waals surface area contributed by atoms with Gasteiger partial charge >= 0.3 is 6.09 Å². The third kappa shape index (κ3) is 5.49. The Morgan fingerprint density at radius 2 is 1.89 bits per heavy atom. The predicted molar refractivity (Wildman–Crippen MR) is 69.5 cm³/mol. The zero-order chi connectivity index (χ0) is 13.8. The highest BCUT2D eigenvalue weighted by atomic mass is 16.6. The van der Waals surface area contributed by atoms with E-state index in [1.807, 2.05) is 20.8 Å². The molecule has 1 rings (SSSR count). The lowest BCUT2D eigenvalue weighted by Crippen LogP contribution is -2.41. The van der Waals surface area contributed by atoms with E-state index >= 15 is 0 Å². The minimum atomic E-state index is -0.455. The fourth-order valence-corrected chi connectivity index (χ4v) is 1.75. The van der Waals surface area contributed by atoms with Crippen molar-refractivity contribution in [1.82, 2.24) is 9.80 Å². The summed E-state index contributed by atoms with van der Waals surface area (Å²) >= 11 is 0. The lowest BCUT2D eigenvalue weighted by atomic mass is 10.1. The maximum absolute atomic E-state index is 11.7. The number of nitrogens with zero attached hydrogens (tertiary/aromatic N) is 2. The van der Waals surface area contributed by atoms with Crippen molar-refractivity contribution in [3.63, 3.8) is 0 Å². The monoisotopic (exact) mass is 256 g/mol. The van der Waals surface area contributed by atoms with Crippen LogP contribution in [0.1, 0.15) is 33.6 Å². The molecule has 0 N–H and O–H groups in total. The molecule has 0 aliphatic carbocycles. The molecule has 0 bridgehead atoms. The van der Waals surface area contributed by atoms with Gasteiger partial charge in [0.2, 0.25) is 0 Å². The molecule has 0 unspecified atom stereocenters. The lowest BCUT2D eigenvalue weighted by molar-refractivity contribution is -0.121. The topological polar surface area (TPSA) is 49.9 Å². The highest BCUT2D eigenvalue weighted by Gasteiger charge is 2.21. The highest BCUT2D eigenvalue weighted by molar-refractivity contribution is 5.79. The van der Waals surface area contributed by atoms with E-state index in [2.05, 4.69) is 4.90 Å². The van der Waals surface area contributed by atoms with Crippen LogP contribution in [0.25, 0.3) is 0 Å². The van der Waals surface area contributed by atoms with Crippen molar-refractivity contribution in [2.24, 2.45) is 0 Å². The first kappa shape index (κ1) is 15.0. The van der Waals surface area contributed by atoms with Crippen LogP contribution >= 0.6 is 0 Å². The Balaban J connectivity index is 2.26. The summed E-state index contributed by atoms with van der Waals surface area (Å²) in [6, 6.07) is 0. The van der Waals surface area contributed by atoms with Crippen molar-refractivity contribution in [2.75, 3.05) is 33.2 Å². The summed E-state index contributed by atoms with van der Waals surface area (Å²) in [4.78, 5) is 26.6. The lowest BCUT2D eigenvalue weighted by Gasteiger charge is -2.29. The summed E-state index contributed by atoms with van der Waals surface area (Å²) in [5, 5.41) is 0. The Labute approximate surface area is 109 Å². The largest absolute Gasteiger partial charge is 0.444 e. The summed E-state index contributed by atoms with van der Waals surface area (Å²) in [6.45, 7) is 8.60. The Bertz CT molecular complexity index is 300. The number of rotatable bonds is 3. The van der Waals surface area contributed by atoms with Crippen LogP contribution in [0, 0.1) is 0 Å². The minimum Gasteiger partial charge on any atom is -0.444 e. The molecule has 0 aromatic carbocycles. The zero-order valence-electron chi connectivity index (χ0n) is 11.9. The molecule has 5 heteroatoms. The van der Waals surface area contributed by atoms with E-state index in [0.717, 1.165) is 19.6 Å². The first-order valence-corrected chi connectivity index (χ1v) is 6.46. The summed E-state index contributed by atoms with van der Waals surface area (Å²) < 4.78 is 5.27. The van der Waals surface area contributed by atoms with Gasteiger partial charge in [-0.3, -0.25) is 4.79 Å². The van der Waals surface area contributed by atoms with Gasteiger partial charge < -0.3 is 14.5 Å². The number of likely N-dealkylation sites (tertiary alicyclic amines) is 1. The van der Waals surface area contributed by atoms with E-state index in [-0.39, 0.29) is 6.09 Å². The number of carbonyl (C=O) groups is 2. The summed E-state index contributed by atoms with van der Waals surface area (Å²) in [5.41, 5.74) is -0.455. The summed E-state index contributed by atoms with van der Waals surface area (Å²) in [7, 11) is 1.74. The first-order chi connectivity index (χ1) is 8.28. The van der Waals surface area contributed by atoms with Crippen molar-refractivity contribution in [1.29, 1.82) is 0 Å². The number of ether oxygens (including phenoxy) is 1. The van der Waals surface area contributed by atoms with Crippen molar-refractivity contribution in [3.05, 3.63) is 0 Å². The maximum Gasteiger partial charge on any atom is 0.410 e. The number of Topliss-reactive ketones (excluding diaryl/α,β-unsaturated/α-hetero) is 1. The SMILES string of the molecule is CN(CCN1CCC(=O)CC1)C(=O)OC(C)(C)C. The van der Waals surface area contributed by atoms with Gasteiger partial charge in [-0.15, -0.1) is 0 Å². The van der Waals surface area contributed by atoms with E-state index in [1.165, 1.54) is 0 Å². The van der Waals surface area contributed by atoms with Gasteiger partial charge in [-0.05, 0) is 20.8 Å². The van der Waals surface area contributed by atoms with E-state index in [0.29, 0.717) is 25.2 Å². The predicted octanol–water partition coefficient (Wildman–Crippen LogP) is 1.52. The summed E-state index contributed by atoms with van der Waals surface area (Å²) in [6.07, 6.45) is 0.974. The second kappa shape index (κ2) is 6.18. The number of piperidine rings is 1. The zero-order valence-corrected chi connectivity index (χ0v) is 11.9. The molecule has 1 heterocycles. The summed E-state index contributed by atoms with van der Waals surface area (Å²) in [5.74, 6) is 0.340. The molecule has 18 heavy (non-hydrogen) atoms. The van der Waals surface area contributed by atoms with Crippen LogP contribution in [0.4, 0.5) is 4.79 Å². The molecule has 0 radical (unpaired) electrons. The molecule has 5 nitrogen and oxygen atoms in total. The van der Waals surface area contributed by atoms with Crippen molar-refractivity contribution in [2.45, 2.75) is 39.2 Å². The number of likely N-dealkylation sites (N-methyl/N-ethyl adjacent to an activating group) is 1. The van der Waals surface area contributed by atoms with Crippen LogP contribution in [-0.2, 0) is 9.53 Å². The van der Waals surface area contributed by atoms with E-state index in [1.54, 1.807) is 11.9 Å². The van der Waals surface area contributed by atoms with Crippen LogP contribution in [0.3, 0.4) is 0 Å². The number of amides is 1. The molecule has 1 aliphatic heterocycles. The van der Waals surface area contributed by atoms with Crippen molar-refractivity contribution < 1.29 is 14.3 Å². The maximum atomic E-state index is 11.7. The molecular weight excluding hydrogens is 232 g/mol. The Kier molecular flexibility index (Phi) is 5.14. The molecule has 0 atom stereocenters. The standard InChI is InChI=1S/C13H24N2O3/c1-13(2,3)18-12(17)14(4)9-10-15-7-5-11(16)6-8-15/h5-10H2,1-4H3. The van der Waals surface area contributed by atoms with Crippen LogP contribution in [-0.4, -0.2) is 60.5 Å². The van der Waals surface area contributed by atoms with Gasteiger partial charge in [0, 0.05) is 46.1 Å². The molecule has 0 aromatic rings. The number of hydrogen-bond donors (Lipinski definition) is 0. The van der Waals surface area contributed by atoms with Gasteiger partial charge in [0.15, 0.2) is 0 Å². The average Bonchev–Trinajstić information content (AvgIpc) is 2.25. The van der Waals surface area contributed by atoms with Gasteiger partial charge in [0.25, 0.3) is 0 Å². The molecule has 1 amide bonds.